The Morgan fingerprint density at radius 2 is 2.00 bits per heavy atom. The lowest BCUT2D eigenvalue weighted by Crippen LogP contribution is -2.47. The molecular formula is C25H30N3O4PS. The molecule has 0 aliphatic carbocycles. The van der Waals surface area contributed by atoms with Gasteiger partial charge in [0.1, 0.15) is 10.9 Å². The Labute approximate surface area is 204 Å². The minimum absolute atomic E-state index is 0.398. The smallest absolute Gasteiger partial charge is 0.232 e. The minimum Gasteiger partial charge on any atom is -0.494 e. The van der Waals surface area contributed by atoms with Crippen LogP contribution in [0.2, 0.25) is 0 Å². The van der Waals surface area contributed by atoms with Crippen molar-refractivity contribution < 1.29 is 18.8 Å². The molecule has 180 valence electrons. The fourth-order valence-electron chi connectivity index (χ4n) is 4.20. The number of amides is 1. The Hall–Kier alpha value is -2.54. The van der Waals surface area contributed by atoms with Crippen LogP contribution in [0.15, 0.2) is 72.1 Å². The van der Waals surface area contributed by atoms with E-state index in [0.717, 1.165) is 29.2 Å². The van der Waals surface area contributed by atoms with Crippen LogP contribution in [-0.2, 0) is 20.5 Å². The SMILES string of the molecule is CP(=O)(Sc1ccc(OCCCc2cccc(-n3ccnc3)c2)cc1)C1(C(N)=O)CCOCC1. The Balaban J connectivity index is 1.29. The number of nitrogens with two attached hydrogens (primary N) is 1. The van der Waals surface area contributed by atoms with Crippen molar-refractivity contribution in [1.82, 2.24) is 9.55 Å². The maximum absolute atomic E-state index is 13.6. The molecule has 34 heavy (non-hydrogen) atoms. The minimum atomic E-state index is -2.96. The first kappa shape index (κ1) is 24.6. The fourth-order valence-corrected chi connectivity index (χ4v) is 9.34. The van der Waals surface area contributed by atoms with Gasteiger partial charge in [-0.2, -0.15) is 0 Å². The summed E-state index contributed by atoms with van der Waals surface area (Å²) in [7, 11) is 0. The third-order valence-electron chi connectivity index (χ3n) is 6.25. The van der Waals surface area contributed by atoms with Crippen molar-refractivity contribution in [2.24, 2.45) is 5.73 Å². The number of hydrogen-bond acceptors (Lipinski definition) is 6. The van der Waals surface area contributed by atoms with Crippen molar-refractivity contribution in [1.29, 1.82) is 0 Å². The Morgan fingerprint density at radius 3 is 2.68 bits per heavy atom. The molecule has 7 nitrogen and oxygen atoms in total. The molecule has 1 atom stereocenters. The summed E-state index contributed by atoms with van der Waals surface area (Å²) in [5, 5.41) is -1.01. The molecule has 2 N–H and O–H groups in total. The molecule has 4 rings (SSSR count). The van der Waals surface area contributed by atoms with E-state index >= 15 is 0 Å². The Kier molecular flexibility index (Phi) is 7.81. The number of ether oxygens (including phenoxy) is 2. The molecule has 1 aliphatic rings. The Morgan fingerprint density at radius 1 is 1.24 bits per heavy atom. The standard InChI is InChI=1S/C25H30N3O4PS/c1-33(30,25(24(26)29)11-16-31-17-12-25)34-23-9-7-22(8-10-23)32-15-3-5-20-4-2-6-21(18-20)28-14-13-27-19-28/h2,4,6-10,13-14,18-19H,3,5,11-12,15-17H2,1H3,(H2,26,29). The van der Waals surface area contributed by atoms with E-state index in [1.807, 2.05) is 35.0 Å². The fraction of sp³-hybridized carbons (Fsp3) is 0.360. The highest BCUT2D eigenvalue weighted by molar-refractivity contribution is 8.58. The number of hydrogen-bond donors (Lipinski definition) is 1. The van der Waals surface area contributed by atoms with Gasteiger partial charge in [0.25, 0.3) is 0 Å². The van der Waals surface area contributed by atoms with E-state index in [1.165, 1.54) is 16.9 Å². The van der Waals surface area contributed by atoms with E-state index in [9.17, 15) is 9.36 Å². The van der Waals surface area contributed by atoms with Gasteiger partial charge < -0.3 is 24.3 Å². The van der Waals surface area contributed by atoms with E-state index in [4.69, 9.17) is 15.2 Å². The van der Waals surface area contributed by atoms with Crippen molar-refractivity contribution >= 4 is 23.6 Å². The second kappa shape index (κ2) is 10.8. The first-order chi connectivity index (χ1) is 16.4. The van der Waals surface area contributed by atoms with Gasteiger partial charge in [0.2, 0.25) is 5.91 Å². The Bertz CT molecular complexity index is 1150. The molecule has 0 saturated carbocycles. The van der Waals surface area contributed by atoms with Gasteiger partial charge in [-0.25, -0.2) is 4.98 Å². The second-order valence-corrected chi connectivity index (χ2v) is 14.3. The summed E-state index contributed by atoms with van der Waals surface area (Å²) < 4.78 is 26.9. The highest BCUT2D eigenvalue weighted by Crippen LogP contribution is 2.70. The number of carbonyl (C=O) groups is 1. The van der Waals surface area contributed by atoms with Crippen LogP contribution in [0.3, 0.4) is 0 Å². The summed E-state index contributed by atoms with van der Waals surface area (Å²) >= 11 is 1.25. The van der Waals surface area contributed by atoms with E-state index in [0.29, 0.717) is 32.7 Å². The molecule has 1 unspecified atom stereocenters. The topological polar surface area (TPSA) is 96.4 Å². The first-order valence-electron chi connectivity index (χ1n) is 11.3. The molecule has 2 heterocycles. The maximum Gasteiger partial charge on any atom is 0.232 e. The van der Waals surface area contributed by atoms with Crippen LogP contribution >= 0.6 is 17.7 Å². The van der Waals surface area contributed by atoms with E-state index in [-0.39, 0.29) is 0 Å². The van der Waals surface area contributed by atoms with Crippen LogP contribution in [0.25, 0.3) is 5.69 Å². The van der Waals surface area contributed by atoms with Crippen LogP contribution in [0.1, 0.15) is 24.8 Å². The van der Waals surface area contributed by atoms with Gasteiger partial charge in [-0.15, -0.1) is 0 Å². The molecule has 9 heteroatoms. The zero-order valence-corrected chi connectivity index (χ0v) is 21.0. The molecule has 1 amide bonds. The lowest BCUT2D eigenvalue weighted by atomic mass is 9.98. The molecular weight excluding hydrogens is 469 g/mol. The van der Waals surface area contributed by atoms with Crippen LogP contribution < -0.4 is 10.5 Å². The quantitative estimate of drug-likeness (QED) is 0.314. The van der Waals surface area contributed by atoms with Gasteiger partial charge in [-0.1, -0.05) is 23.5 Å². The monoisotopic (exact) mass is 499 g/mol. The molecule has 1 aromatic heterocycles. The molecule has 1 fully saturated rings. The second-order valence-electron chi connectivity index (χ2n) is 8.51. The number of rotatable bonds is 10. The van der Waals surface area contributed by atoms with Crippen molar-refractivity contribution in [2.75, 3.05) is 26.5 Å². The van der Waals surface area contributed by atoms with Gasteiger partial charge in [0.15, 0.2) is 6.34 Å². The number of carbonyl (C=O) groups excluding carboxylic acids is 1. The summed E-state index contributed by atoms with van der Waals surface area (Å²) in [6.45, 7) is 3.07. The number of benzene rings is 2. The molecule has 0 radical (unpaired) electrons. The van der Waals surface area contributed by atoms with E-state index in [2.05, 4.69) is 29.2 Å². The number of aromatic nitrogens is 2. The normalized spacial score (nSPS) is 17.1. The lowest BCUT2D eigenvalue weighted by molar-refractivity contribution is -0.122. The number of primary amides is 1. The summed E-state index contributed by atoms with van der Waals surface area (Å²) in [5.74, 6) is 0.266. The van der Waals surface area contributed by atoms with Crippen LogP contribution in [0, 0.1) is 0 Å². The van der Waals surface area contributed by atoms with Crippen LogP contribution in [0.5, 0.6) is 5.75 Å². The molecule has 1 aliphatic heterocycles. The lowest BCUT2D eigenvalue weighted by Gasteiger charge is -2.38. The molecule has 1 saturated heterocycles. The average molecular weight is 500 g/mol. The number of nitrogens with zero attached hydrogens (tertiary/aromatic N) is 2. The number of imidazole rings is 1. The van der Waals surface area contributed by atoms with Gasteiger partial charge in [0.05, 0.1) is 12.9 Å². The summed E-state index contributed by atoms with van der Waals surface area (Å²) in [4.78, 5) is 17.2. The third-order valence-corrected chi connectivity index (χ3v) is 12.0. The van der Waals surface area contributed by atoms with Crippen LogP contribution in [0.4, 0.5) is 0 Å². The molecule has 3 aromatic rings. The van der Waals surface area contributed by atoms with Crippen molar-refractivity contribution in [3.05, 3.63) is 72.8 Å². The van der Waals surface area contributed by atoms with E-state index in [1.54, 1.807) is 19.2 Å². The predicted molar refractivity (Wildman–Crippen MR) is 135 cm³/mol. The highest BCUT2D eigenvalue weighted by atomic mass is 32.7. The largest absolute Gasteiger partial charge is 0.494 e. The van der Waals surface area contributed by atoms with Crippen molar-refractivity contribution in [2.45, 2.75) is 35.7 Å². The molecule has 2 aromatic carbocycles. The van der Waals surface area contributed by atoms with Gasteiger partial charge in [-0.05, 0) is 74.3 Å². The van der Waals surface area contributed by atoms with Gasteiger partial charge in [-0.3, -0.25) is 4.79 Å². The van der Waals surface area contributed by atoms with Crippen LogP contribution in [-0.4, -0.2) is 47.1 Å². The third kappa shape index (κ3) is 5.57. The summed E-state index contributed by atoms with van der Waals surface area (Å²) in [6.07, 6.45) is 5.12. The predicted octanol–water partition coefficient (Wildman–Crippen LogP) is 4.92. The first-order valence-corrected chi connectivity index (χ1v) is 14.9. The number of aryl methyl sites for hydroxylation is 1. The zero-order valence-electron chi connectivity index (χ0n) is 19.3. The molecule has 0 spiro atoms. The van der Waals surface area contributed by atoms with Gasteiger partial charge in [0, 0.05) is 36.2 Å². The summed E-state index contributed by atoms with van der Waals surface area (Å²) in [5.41, 5.74) is 8.05. The zero-order chi connectivity index (χ0) is 24.0. The highest BCUT2D eigenvalue weighted by Gasteiger charge is 2.51. The summed E-state index contributed by atoms with van der Waals surface area (Å²) in [6, 6.07) is 15.9. The van der Waals surface area contributed by atoms with Gasteiger partial charge >= 0.3 is 0 Å². The maximum atomic E-state index is 13.6. The van der Waals surface area contributed by atoms with E-state index < -0.39 is 17.4 Å². The molecule has 0 bridgehead atoms. The average Bonchev–Trinajstić information content (AvgIpc) is 3.38. The van der Waals surface area contributed by atoms with Crippen molar-refractivity contribution in [3.63, 3.8) is 0 Å². The van der Waals surface area contributed by atoms with Crippen molar-refractivity contribution in [3.8, 4) is 11.4 Å².